The van der Waals surface area contributed by atoms with Gasteiger partial charge in [-0.2, -0.15) is 0 Å². The lowest BCUT2D eigenvalue weighted by Crippen LogP contribution is -2.37. The van der Waals surface area contributed by atoms with Crippen LogP contribution in [-0.4, -0.2) is 24.2 Å². The summed E-state index contributed by atoms with van der Waals surface area (Å²) in [6.45, 7) is 4.24. The highest BCUT2D eigenvalue weighted by atomic mass is 16.3. The first-order valence-electron chi connectivity index (χ1n) is 11.6. The van der Waals surface area contributed by atoms with Gasteiger partial charge in [0, 0.05) is 12.6 Å². The molecule has 7 heteroatoms. The van der Waals surface area contributed by atoms with Crippen LogP contribution in [0.2, 0.25) is 0 Å². The maximum absolute atomic E-state index is 13.0. The van der Waals surface area contributed by atoms with Gasteiger partial charge in [-0.1, -0.05) is 44.9 Å². The monoisotopic (exact) mass is 446 g/mol. The number of benzene rings is 2. The summed E-state index contributed by atoms with van der Waals surface area (Å²) in [6.07, 6.45) is 5.53. The van der Waals surface area contributed by atoms with Gasteiger partial charge in [0.1, 0.15) is 11.6 Å². The number of phenols is 1. The predicted molar refractivity (Wildman–Crippen MR) is 131 cm³/mol. The Labute approximate surface area is 192 Å². The van der Waals surface area contributed by atoms with Crippen molar-refractivity contribution in [1.82, 2.24) is 19.1 Å². The number of aromatic nitrogens is 4. The molecule has 0 saturated heterocycles. The van der Waals surface area contributed by atoms with E-state index in [-0.39, 0.29) is 5.52 Å². The van der Waals surface area contributed by atoms with Crippen LogP contribution in [0, 0.1) is 0 Å². The van der Waals surface area contributed by atoms with E-state index in [1.54, 1.807) is 0 Å². The summed E-state index contributed by atoms with van der Waals surface area (Å²) < 4.78 is 2.54. The minimum absolute atomic E-state index is 0.272. The molecular formula is C26H30N4O3. The second-order valence-corrected chi connectivity index (χ2v) is 8.45. The van der Waals surface area contributed by atoms with E-state index >= 15 is 0 Å². The summed E-state index contributed by atoms with van der Waals surface area (Å²) in [5.41, 5.74) is 2.90. The molecule has 33 heavy (non-hydrogen) atoms. The summed E-state index contributed by atoms with van der Waals surface area (Å²) in [7, 11) is 1.47. The average molecular weight is 447 g/mol. The van der Waals surface area contributed by atoms with Crippen molar-refractivity contribution in [2.45, 2.75) is 52.4 Å². The van der Waals surface area contributed by atoms with Gasteiger partial charge in [0.2, 0.25) is 0 Å². The summed E-state index contributed by atoms with van der Waals surface area (Å²) in [4.78, 5) is 33.7. The Morgan fingerprint density at radius 3 is 2.15 bits per heavy atom. The average Bonchev–Trinajstić information content (AvgIpc) is 3.27. The van der Waals surface area contributed by atoms with E-state index < -0.39 is 11.2 Å². The van der Waals surface area contributed by atoms with Crippen molar-refractivity contribution in [2.75, 3.05) is 0 Å². The van der Waals surface area contributed by atoms with Crippen molar-refractivity contribution < 1.29 is 5.11 Å². The number of fused-ring (bicyclic) bond motifs is 1. The van der Waals surface area contributed by atoms with Gasteiger partial charge in [-0.15, -0.1) is 0 Å². The molecule has 0 aliphatic heterocycles. The standard InChI is InChI=1S/C26H30N4O3/c1-4-6-11-17-15-19(16-18(22(17)31)12-7-5-2)23-27-21-24(28-23)30(20-13-9-8-10-14-20)26(33)29(3)25(21)32/h8-10,13-16,31H,4-7,11-12H2,1-3H3,(H,27,28). The maximum Gasteiger partial charge on any atom is 0.337 e. The fraction of sp³-hybridized carbons (Fsp3) is 0.346. The number of unbranched alkanes of at least 4 members (excludes halogenated alkanes) is 2. The summed E-state index contributed by atoms with van der Waals surface area (Å²) in [6, 6.07) is 13.0. The van der Waals surface area contributed by atoms with E-state index in [0.29, 0.717) is 22.9 Å². The van der Waals surface area contributed by atoms with Crippen molar-refractivity contribution in [3.63, 3.8) is 0 Å². The fourth-order valence-electron chi connectivity index (χ4n) is 4.13. The summed E-state index contributed by atoms with van der Waals surface area (Å²) >= 11 is 0. The zero-order chi connectivity index (χ0) is 23.5. The van der Waals surface area contributed by atoms with E-state index in [9.17, 15) is 14.7 Å². The lowest BCUT2D eigenvalue weighted by atomic mass is 9.97. The molecule has 4 rings (SSSR count). The molecule has 0 bridgehead atoms. The summed E-state index contributed by atoms with van der Waals surface area (Å²) in [5.74, 6) is 0.863. The molecule has 0 radical (unpaired) electrons. The van der Waals surface area contributed by atoms with Crippen LogP contribution in [0.25, 0.3) is 28.2 Å². The van der Waals surface area contributed by atoms with E-state index in [1.807, 2.05) is 42.5 Å². The Balaban J connectivity index is 1.95. The van der Waals surface area contributed by atoms with Gasteiger partial charge in [0.25, 0.3) is 5.56 Å². The molecule has 0 atom stereocenters. The number of H-pyrrole nitrogens is 1. The number of hydrogen-bond acceptors (Lipinski definition) is 4. The number of nitrogens with one attached hydrogen (secondary N) is 1. The zero-order valence-corrected chi connectivity index (χ0v) is 19.4. The second-order valence-electron chi connectivity index (χ2n) is 8.45. The van der Waals surface area contributed by atoms with Gasteiger partial charge in [-0.05, 0) is 61.1 Å². The molecule has 0 aliphatic carbocycles. The molecule has 2 aromatic heterocycles. The number of rotatable bonds is 8. The SMILES string of the molecule is CCCCc1cc(-c2nc3c([nH]2)c(=O)n(C)c(=O)n3-c2ccccc2)cc(CCCC)c1O. The van der Waals surface area contributed by atoms with Crippen LogP contribution < -0.4 is 11.2 Å². The number of imidazole rings is 1. The Morgan fingerprint density at radius 1 is 0.970 bits per heavy atom. The van der Waals surface area contributed by atoms with Gasteiger partial charge >= 0.3 is 5.69 Å². The number of hydrogen-bond donors (Lipinski definition) is 2. The molecule has 0 unspecified atom stereocenters. The minimum Gasteiger partial charge on any atom is -0.507 e. The minimum atomic E-state index is -0.449. The first-order chi connectivity index (χ1) is 16.0. The number of aryl methyl sites for hydroxylation is 2. The Bertz CT molecular complexity index is 1370. The molecular weight excluding hydrogens is 416 g/mol. The molecule has 0 saturated carbocycles. The van der Waals surface area contributed by atoms with E-state index in [0.717, 1.165) is 59.8 Å². The molecule has 0 aliphatic rings. The maximum atomic E-state index is 13.0. The van der Waals surface area contributed by atoms with E-state index in [4.69, 9.17) is 4.98 Å². The predicted octanol–water partition coefficient (Wildman–Crippen LogP) is 4.47. The van der Waals surface area contributed by atoms with Crippen molar-refractivity contribution in [1.29, 1.82) is 0 Å². The van der Waals surface area contributed by atoms with Crippen LogP contribution in [0.1, 0.15) is 50.7 Å². The fourth-order valence-corrected chi connectivity index (χ4v) is 4.13. The number of para-hydroxylation sites is 1. The highest BCUT2D eigenvalue weighted by molar-refractivity contribution is 5.77. The lowest BCUT2D eigenvalue weighted by Gasteiger charge is -2.12. The van der Waals surface area contributed by atoms with Crippen LogP contribution >= 0.6 is 0 Å². The molecule has 0 amide bonds. The Hall–Kier alpha value is -3.61. The topological polar surface area (TPSA) is 92.9 Å². The number of aromatic amines is 1. The normalized spacial score (nSPS) is 11.4. The smallest absolute Gasteiger partial charge is 0.337 e. The Morgan fingerprint density at radius 2 is 1.58 bits per heavy atom. The quantitative estimate of drug-likeness (QED) is 0.418. The molecule has 4 aromatic rings. The van der Waals surface area contributed by atoms with Gasteiger partial charge < -0.3 is 10.1 Å². The lowest BCUT2D eigenvalue weighted by molar-refractivity contribution is 0.458. The highest BCUT2D eigenvalue weighted by Gasteiger charge is 2.19. The molecule has 0 fully saturated rings. The van der Waals surface area contributed by atoms with E-state index in [2.05, 4.69) is 18.8 Å². The first kappa shape index (κ1) is 22.6. The van der Waals surface area contributed by atoms with Gasteiger partial charge in [-0.3, -0.25) is 9.36 Å². The summed E-state index contributed by atoms with van der Waals surface area (Å²) in [5, 5.41) is 10.8. The van der Waals surface area contributed by atoms with Crippen molar-refractivity contribution in [2.24, 2.45) is 7.05 Å². The van der Waals surface area contributed by atoms with Crippen LogP contribution in [0.4, 0.5) is 0 Å². The number of aromatic hydroxyl groups is 1. The second kappa shape index (κ2) is 9.48. The largest absolute Gasteiger partial charge is 0.507 e. The van der Waals surface area contributed by atoms with E-state index in [1.165, 1.54) is 11.6 Å². The van der Waals surface area contributed by atoms with Gasteiger partial charge in [-0.25, -0.2) is 14.3 Å². The first-order valence-corrected chi connectivity index (χ1v) is 11.6. The van der Waals surface area contributed by atoms with Gasteiger partial charge in [0.05, 0.1) is 5.69 Å². The van der Waals surface area contributed by atoms with Crippen LogP contribution in [0.3, 0.4) is 0 Å². The number of phenolic OH excluding ortho intramolecular Hbond substituents is 1. The zero-order valence-electron chi connectivity index (χ0n) is 19.4. The van der Waals surface area contributed by atoms with Crippen molar-refractivity contribution in [3.05, 3.63) is 74.4 Å². The van der Waals surface area contributed by atoms with Crippen molar-refractivity contribution in [3.8, 4) is 22.8 Å². The Kier molecular flexibility index (Phi) is 6.49. The number of nitrogens with zero attached hydrogens (tertiary/aromatic N) is 3. The van der Waals surface area contributed by atoms with Crippen LogP contribution in [0.5, 0.6) is 5.75 Å². The molecule has 2 aromatic carbocycles. The molecule has 2 heterocycles. The third kappa shape index (κ3) is 4.23. The highest BCUT2D eigenvalue weighted by Crippen LogP contribution is 2.32. The van der Waals surface area contributed by atoms with Crippen LogP contribution in [-0.2, 0) is 19.9 Å². The van der Waals surface area contributed by atoms with Crippen LogP contribution in [0.15, 0.2) is 52.1 Å². The molecule has 0 spiro atoms. The molecule has 2 N–H and O–H groups in total. The van der Waals surface area contributed by atoms with Crippen molar-refractivity contribution >= 4 is 11.2 Å². The molecule has 7 nitrogen and oxygen atoms in total. The third-order valence-corrected chi connectivity index (χ3v) is 6.05. The third-order valence-electron chi connectivity index (χ3n) is 6.05. The molecule has 172 valence electrons. The van der Waals surface area contributed by atoms with Gasteiger partial charge in [0.15, 0.2) is 11.2 Å².